The van der Waals surface area contributed by atoms with Crippen molar-refractivity contribution in [1.29, 1.82) is 0 Å². The summed E-state index contributed by atoms with van der Waals surface area (Å²) in [6, 6.07) is 3.25. The van der Waals surface area contributed by atoms with Crippen molar-refractivity contribution in [1.82, 2.24) is 23.7 Å². The van der Waals surface area contributed by atoms with E-state index in [1.807, 2.05) is 19.0 Å². The number of nitrogens with one attached hydrogen (secondary N) is 1. The summed E-state index contributed by atoms with van der Waals surface area (Å²) < 4.78 is 62.9. The van der Waals surface area contributed by atoms with Gasteiger partial charge >= 0.3 is 0 Å². The lowest BCUT2D eigenvalue weighted by molar-refractivity contribution is 0.103. The third-order valence-electron chi connectivity index (χ3n) is 6.02. The highest BCUT2D eigenvalue weighted by atomic mass is 32.2. The standard InChI is InChI=1S/C23H29F2N7O4S2/c1-30(2)11-12-36-23-28-17(13-31(23)3)38(34,35)32-9-7-14(8-10-32)27-22-29-21(26)20(37-22)19(33)18-15(24)5-4-6-16(18)25/h4-6,13-14H,7-12,26H2,1-3H3,(H,27,29). The number of nitrogen functional groups attached to an aromatic ring is 1. The van der Waals surface area contributed by atoms with Gasteiger partial charge in [0.1, 0.15) is 28.9 Å². The predicted octanol–water partition coefficient (Wildman–Crippen LogP) is 2.17. The van der Waals surface area contributed by atoms with Crippen LogP contribution in [0.2, 0.25) is 0 Å². The van der Waals surface area contributed by atoms with Gasteiger partial charge in [0.15, 0.2) is 10.2 Å². The topological polar surface area (TPSA) is 136 Å². The van der Waals surface area contributed by atoms with E-state index in [0.717, 1.165) is 23.5 Å². The zero-order valence-corrected chi connectivity index (χ0v) is 22.8. The Bertz CT molecular complexity index is 1400. The molecule has 15 heteroatoms. The molecule has 3 N–H and O–H groups in total. The van der Waals surface area contributed by atoms with Crippen LogP contribution in [0.1, 0.15) is 28.1 Å². The summed E-state index contributed by atoms with van der Waals surface area (Å²) in [5, 5.41) is 3.39. The highest BCUT2D eigenvalue weighted by Crippen LogP contribution is 2.31. The molecule has 38 heavy (non-hydrogen) atoms. The number of nitrogens with zero attached hydrogens (tertiary/aromatic N) is 5. The number of hydrogen-bond acceptors (Lipinski definition) is 10. The number of aromatic nitrogens is 3. The van der Waals surface area contributed by atoms with E-state index in [-0.39, 0.29) is 40.9 Å². The van der Waals surface area contributed by atoms with Crippen molar-refractivity contribution in [3.05, 3.63) is 46.5 Å². The predicted molar refractivity (Wildman–Crippen MR) is 139 cm³/mol. The summed E-state index contributed by atoms with van der Waals surface area (Å²) in [6.45, 7) is 1.51. The molecule has 1 aliphatic heterocycles. The van der Waals surface area contributed by atoms with Gasteiger partial charge in [-0.2, -0.15) is 9.29 Å². The van der Waals surface area contributed by atoms with Gasteiger partial charge in [-0.15, -0.1) is 0 Å². The van der Waals surface area contributed by atoms with Crippen molar-refractivity contribution >= 4 is 38.1 Å². The van der Waals surface area contributed by atoms with Crippen molar-refractivity contribution < 1.29 is 26.7 Å². The van der Waals surface area contributed by atoms with Gasteiger partial charge in [0.2, 0.25) is 5.78 Å². The molecule has 0 aliphatic carbocycles. The molecule has 0 radical (unpaired) electrons. The Morgan fingerprint density at radius 2 is 1.89 bits per heavy atom. The SMILES string of the molecule is CN(C)CCOc1nc(S(=O)(=O)N2CCC(Nc3nc(N)c(C(=O)c4c(F)cccc4F)s3)CC2)cn1C. The lowest BCUT2D eigenvalue weighted by atomic mass is 10.1. The zero-order valence-electron chi connectivity index (χ0n) is 21.1. The molecule has 0 amide bonds. The first-order chi connectivity index (χ1) is 18.0. The molecule has 0 saturated carbocycles. The van der Waals surface area contributed by atoms with Crippen LogP contribution < -0.4 is 15.8 Å². The number of rotatable bonds is 10. The minimum Gasteiger partial charge on any atom is -0.463 e. The zero-order chi connectivity index (χ0) is 27.6. The van der Waals surface area contributed by atoms with E-state index in [1.165, 1.54) is 21.1 Å². The maximum absolute atomic E-state index is 14.1. The van der Waals surface area contributed by atoms with Gasteiger partial charge in [0, 0.05) is 38.9 Å². The van der Waals surface area contributed by atoms with Crippen molar-refractivity contribution in [3.63, 3.8) is 0 Å². The van der Waals surface area contributed by atoms with E-state index in [2.05, 4.69) is 15.3 Å². The number of anilines is 2. The fraction of sp³-hybridized carbons (Fsp3) is 0.435. The van der Waals surface area contributed by atoms with Crippen LogP contribution >= 0.6 is 11.3 Å². The number of imidazole rings is 1. The van der Waals surface area contributed by atoms with E-state index in [1.54, 1.807) is 7.05 Å². The second-order valence-electron chi connectivity index (χ2n) is 9.11. The molecule has 206 valence electrons. The Labute approximate surface area is 223 Å². The Morgan fingerprint density at radius 3 is 2.53 bits per heavy atom. The van der Waals surface area contributed by atoms with E-state index in [9.17, 15) is 22.0 Å². The molecule has 1 saturated heterocycles. The average Bonchev–Trinajstić information content (AvgIpc) is 3.41. The molecule has 1 aliphatic rings. The van der Waals surface area contributed by atoms with Crippen LogP contribution in [0.25, 0.3) is 0 Å². The fourth-order valence-electron chi connectivity index (χ4n) is 3.93. The highest BCUT2D eigenvalue weighted by molar-refractivity contribution is 7.89. The van der Waals surface area contributed by atoms with Crippen molar-refractivity contribution in [2.24, 2.45) is 7.05 Å². The molecule has 11 nitrogen and oxygen atoms in total. The molecule has 1 aromatic carbocycles. The molecule has 2 aromatic heterocycles. The van der Waals surface area contributed by atoms with Crippen LogP contribution in [0.3, 0.4) is 0 Å². The fourth-order valence-corrected chi connectivity index (χ4v) is 6.28. The summed E-state index contributed by atoms with van der Waals surface area (Å²) in [7, 11) is 1.67. The van der Waals surface area contributed by atoms with Crippen LogP contribution in [0.4, 0.5) is 19.7 Å². The first-order valence-electron chi connectivity index (χ1n) is 11.8. The third kappa shape index (κ3) is 5.95. The van der Waals surface area contributed by atoms with Gasteiger partial charge in [-0.1, -0.05) is 17.4 Å². The number of likely N-dealkylation sites (N-methyl/N-ethyl adjacent to an activating group) is 1. The summed E-state index contributed by atoms with van der Waals surface area (Å²) in [6.07, 6.45) is 2.35. The number of aryl methyl sites for hydroxylation is 1. The van der Waals surface area contributed by atoms with Gasteiger partial charge in [0.05, 0.1) is 5.56 Å². The van der Waals surface area contributed by atoms with Crippen LogP contribution in [-0.2, 0) is 17.1 Å². The Kier molecular flexibility index (Phi) is 8.30. The summed E-state index contributed by atoms with van der Waals surface area (Å²) in [5.74, 6) is -2.98. The number of nitrogens with two attached hydrogens (primary N) is 1. The van der Waals surface area contributed by atoms with E-state index >= 15 is 0 Å². The Hall–Kier alpha value is -3.14. The van der Waals surface area contributed by atoms with Gasteiger partial charge < -0.3 is 25.3 Å². The van der Waals surface area contributed by atoms with Gasteiger partial charge in [-0.05, 0) is 39.1 Å². The molecular weight excluding hydrogens is 540 g/mol. The number of halogens is 2. The molecule has 1 fully saturated rings. The van der Waals surface area contributed by atoms with Crippen LogP contribution in [0.5, 0.6) is 6.01 Å². The number of piperidine rings is 1. The molecule has 3 aromatic rings. The normalized spacial score (nSPS) is 15.2. The largest absolute Gasteiger partial charge is 0.463 e. The molecule has 0 spiro atoms. The van der Waals surface area contributed by atoms with Crippen molar-refractivity contribution in [2.75, 3.05) is 51.4 Å². The van der Waals surface area contributed by atoms with Crippen molar-refractivity contribution in [2.45, 2.75) is 23.9 Å². The molecular formula is C23H29F2N7O4S2. The number of hydrogen-bond donors (Lipinski definition) is 2. The molecule has 0 atom stereocenters. The quantitative estimate of drug-likeness (QED) is 0.352. The number of ether oxygens (including phenoxy) is 1. The minimum absolute atomic E-state index is 0.0738. The summed E-state index contributed by atoms with van der Waals surface area (Å²) in [5.41, 5.74) is 5.19. The van der Waals surface area contributed by atoms with E-state index in [0.29, 0.717) is 31.1 Å². The smallest absolute Gasteiger partial charge is 0.297 e. The molecule has 0 bridgehead atoms. The maximum atomic E-state index is 14.1. The van der Waals surface area contributed by atoms with E-state index in [4.69, 9.17) is 10.5 Å². The van der Waals surface area contributed by atoms with Crippen molar-refractivity contribution in [3.8, 4) is 6.01 Å². The van der Waals surface area contributed by atoms with E-state index < -0.39 is 33.0 Å². The highest BCUT2D eigenvalue weighted by Gasteiger charge is 2.32. The first kappa shape index (κ1) is 27.9. The number of benzene rings is 1. The number of thiazole rings is 1. The minimum atomic E-state index is -3.82. The Balaban J connectivity index is 1.38. The number of carbonyl (C=O) groups excluding carboxylic acids is 1. The molecule has 3 heterocycles. The number of ketones is 1. The number of sulfonamides is 1. The summed E-state index contributed by atoms with van der Waals surface area (Å²) >= 11 is 0.898. The van der Waals surface area contributed by atoms with Crippen LogP contribution in [-0.4, -0.2) is 84.3 Å². The Morgan fingerprint density at radius 1 is 1.24 bits per heavy atom. The second kappa shape index (κ2) is 11.3. The lowest BCUT2D eigenvalue weighted by Crippen LogP contribution is -2.42. The third-order valence-corrected chi connectivity index (χ3v) is 8.79. The second-order valence-corrected chi connectivity index (χ2v) is 12.0. The van der Waals surface area contributed by atoms with Gasteiger partial charge in [0.25, 0.3) is 16.0 Å². The van der Waals surface area contributed by atoms with Gasteiger partial charge in [-0.25, -0.2) is 22.2 Å². The molecule has 0 unspecified atom stereocenters. The van der Waals surface area contributed by atoms with Gasteiger partial charge in [-0.3, -0.25) is 4.79 Å². The van der Waals surface area contributed by atoms with Crippen LogP contribution in [0, 0.1) is 11.6 Å². The summed E-state index contributed by atoms with van der Waals surface area (Å²) in [4.78, 5) is 22.9. The van der Waals surface area contributed by atoms with Crippen LogP contribution in [0.15, 0.2) is 29.4 Å². The number of carbonyl (C=O) groups is 1. The molecule has 4 rings (SSSR count). The lowest BCUT2D eigenvalue weighted by Gasteiger charge is -2.30. The first-order valence-corrected chi connectivity index (χ1v) is 14.1. The monoisotopic (exact) mass is 569 g/mol. The maximum Gasteiger partial charge on any atom is 0.297 e. The average molecular weight is 570 g/mol.